The third kappa shape index (κ3) is 7.35. The van der Waals surface area contributed by atoms with Gasteiger partial charge < -0.3 is 36.8 Å². The number of rotatable bonds is 13. The maximum atomic E-state index is 13.4. The quantitative estimate of drug-likeness (QED) is 0.140. The predicted octanol–water partition coefficient (Wildman–Crippen LogP) is 0.128. The predicted molar refractivity (Wildman–Crippen MR) is 144 cm³/mol. The van der Waals surface area contributed by atoms with Gasteiger partial charge in [0.15, 0.2) is 0 Å². The lowest BCUT2D eigenvalue weighted by Crippen LogP contribution is -2.58. The molecular formula is C25H33N7O5S. The minimum Gasteiger partial charge on any atom is -0.480 e. The molecule has 0 bridgehead atoms. The van der Waals surface area contributed by atoms with E-state index in [2.05, 4.69) is 43.5 Å². The monoisotopic (exact) mass is 543 g/mol. The molecule has 0 aliphatic rings. The first kappa shape index (κ1) is 28.7. The molecule has 3 aromatic rings. The molecule has 3 amide bonds. The summed E-state index contributed by atoms with van der Waals surface area (Å²) in [6.45, 7) is 3.32. The summed E-state index contributed by atoms with van der Waals surface area (Å²) < 4.78 is 0. The van der Waals surface area contributed by atoms with Crippen LogP contribution in [-0.2, 0) is 32.0 Å². The van der Waals surface area contributed by atoms with E-state index in [1.807, 2.05) is 24.3 Å². The zero-order valence-electron chi connectivity index (χ0n) is 21.1. The van der Waals surface area contributed by atoms with Crippen molar-refractivity contribution in [2.75, 3.05) is 5.75 Å². The van der Waals surface area contributed by atoms with Crippen molar-refractivity contribution in [1.29, 1.82) is 0 Å². The molecule has 0 aliphatic carbocycles. The van der Waals surface area contributed by atoms with Gasteiger partial charge in [-0.3, -0.25) is 14.4 Å². The van der Waals surface area contributed by atoms with Crippen molar-refractivity contribution in [3.8, 4) is 0 Å². The average Bonchev–Trinajstić information content (AvgIpc) is 3.54. The smallest absolute Gasteiger partial charge is 0.326 e. The van der Waals surface area contributed by atoms with Crippen LogP contribution in [0.2, 0.25) is 0 Å². The zero-order chi connectivity index (χ0) is 27.8. The van der Waals surface area contributed by atoms with Gasteiger partial charge in [0.1, 0.15) is 18.1 Å². The SMILES string of the molecule is CC(C)C(NC(=O)C(CS)NC(=O)C(Cc1c[nH]c2ccccc12)NC(=O)C(N)Cc1cnc[nH]1)C(=O)O. The Balaban J connectivity index is 1.78. The number of aliphatic carboxylic acids is 1. The van der Waals surface area contributed by atoms with E-state index in [9.17, 15) is 24.3 Å². The fourth-order valence-electron chi connectivity index (χ4n) is 3.97. The van der Waals surface area contributed by atoms with Gasteiger partial charge in [0.2, 0.25) is 17.7 Å². The largest absolute Gasteiger partial charge is 0.480 e. The number of thiol groups is 1. The number of carbonyl (C=O) groups is 4. The molecule has 1 aromatic carbocycles. The van der Waals surface area contributed by atoms with Crippen LogP contribution in [0, 0.1) is 5.92 Å². The summed E-state index contributed by atoms with van der Waals surface area (Å²) in [5, 5.41) is 18.0. The number of nitrogens with zero attached hydrogens (tertiary/aromatic N) is 1. The van der Waals surface area contributed by atoms with Crippen molar-refractivity contribution in [1.82, 2.24) is 30.9 Å². The van der Waals surface area contributed by atoms with Crippen LogP contribution in [0.1, 0.15) is 25.1 Å². The molecule has 0 saturated heterocycles. The molecule has 0 aliphatic heterocycles. The van der Waals surface area contributed by atoms with Gasteiger partial charge in [-0.25, -0.2) is 9.78 Å². The highest BCUT2D eigenvalue weighted by molar-refractivity contribution is 7.80. The number of aromatic amines is 2. The first-order valence-electron chi connectivity index (χ1n) is 12.1. The second-order valence-corrected chi connectivity index (χ2v) is 9.69. The Hall–Kier alpha value is -3.84. The molecule has 4 unspecified atom stereocenters. The highest BCUT2D eigenvalue weighted by atomic mass is 32.1. The Morgan fingerprint density at radius 1 is 1.00 bits per heavy atom. The summed E-state index contributed by atoms with van der Waals surface area (Å²) in [6, 6.07) is 3.22. The number of hydrogen-bond donors (Lipinski definition) is 8. The highest BCUT2D eigenvalue weighted by Gasteiger charge is 2.31. The van der Waals surface area contributed by atoms with E-state index in [1.165, 1.54) is 6.33 Å². The van der Waals surface area contributed by atoms with Crippen LogP contribution in [0.3, 0.4) is 0 Å². The number of carboxylic acid groups (broad SMARTS) is 1. The summed E-state index contributed by atoms with van der Waals surface area (Å²) in [5.41, 5.74) is 8.38. The summed E-state index contributed by atoms with van der Waals surface area (Å²) in [4.78, 5) is 60.6. The van der Waals surface area contributed by atoms with E-state index >= 15 is 0 Å². The number of para-hydroxylation sites is 1. The number of fused-ring (bicyclic) bond motifs is 1. The molecule has 13 heteroatoms. The molecule has 38 heavy (non-hydrogen) atoms. The fourth-order valence-corrected chi connectivity index (χ4v) is 4.23. The van der Waals surface area contributed by atoms with Crippen molar-refractivity contribution in [2.45, 2.75) is 50.9 Å². The number of amides is 3. The Labute approximate surface area is 225 Å². The molecule has 0 radical (unpaired) electrons. The number of hydrogen-bond acceptors (Lipinski definition) is 7. The molecule has 204 valence electrons. The van der Waals surface area contributed by atoms with Crippen LogP contribution >= 0.6 is 12.6 Å². The molecule has 4 atom stereocenters. The summed E-state index contributed by atoms with van der Waals surface area (Å²) in [7, 11) is 0. The van der Waals surface area contributed by atoms with Crippen LogP contribution in [0.25, 0.3) is 10.9 Å². The number of imidazole rings is 1. The zero-order valence-corrected chi connectivity index (χ0v) is 22.0. The molecule has 2 aromatic heterocycles. The molecule has 3 rings (SSSR count). The van der Waals surface area contributed by atoms with Crippen LogP contribution in [0.15, 0.2) is 43.0 Å². The normalized spacial score (nSPS) is 14.4. The maximum Gasteiger partial charge on any atom is 0.326 e. The van der Waals surface area contributed by atoms with Crippen LogP contribution in [-0.4, -0.2) is 73.7 Å². The minimum atomic E-state index is -1.19. The molecule has 12 nitrogen and oxygen atoms in total. The second-order valence-electron chi connectivity index (χ2n) is 9.32. The van der Waals surface area contributed by atoms with Crippen LogP contribution < -0.4 is 21.7 Å². The Kier molecular flexibility index (Phi) is 9.91. The molecular weight excluding hydrogens is 510 g/mol. The number of nitrogens with one attached hydrogen (secondary N) is 5. The van der Waals surface area contributed by atoms with E-state index in [0.29, 0.717) is 5.69 Å². The number of benzene rings is 1. The van der Waals surface area contributed by atoms with Gasteiger partial charge in [-0.05, 0) is 17.5 Å². The highest BCUT2D eigenvalue weighted by Crippen LogP contribution is 2.19. The summed E-state index contributed by atoms with van der Waals surface area (Å²) in [6.07, 6.45) is 5.08. The lowest BCUT2D eigenvalue weighted by molar-refractivity contribution is -0.143. The van der Waals surface area contributed by atoms with Crippen molar-refractivity contribution in [3.63, 3.8) is 0 Å². The first-order valence-corrected chi connectivity index (χ1v) is 12.8. The Morgan fingerprint density at radius 2 is 1.68 bits per heavy atom. The molecule has 0 fully saturated rings. The van der Waals surface area contributed by atoms with Gasteiger partial charge in [-0.15, -0.1) is 0 Å². The minimum absolute atomic E-state index is 0.0882. The van der Waals surface area contributed by atoms with Crippen LogP contribution in [0.4, 0.5) is 0 Å². The van der Waals surface area contributed by atoms with Crippen LogP contribution in [0.5, 0.6) is 0 Å². The van der Waals surface area contributed by atoms with Gasteiger partial charge in [0.25, 0.3) is 0 Å². The van der Waals surface area contributed by atoms with Crippen molar-refractivity contribution < 1.29 is 24.3 Å². The Bertz CT molecular complexity index is 1260. The fraction of sp³-hybridized carbons (Fsp3) is 0.400. The molecule has 0 spiro atoms. The van der Waals surface area contributed by atoms with E-state index in [1.54, 1.807) is 26.2 Å². The molecule has 0 saturated carbocycles. The number of H-pyrrole nitrogens is 2. The van der Waals surface area contributed by atoms with Crippen molar-refractivity contribution in [2.24, 2.45) is 11.7 Å². The van der Waals surface area contributed by atoms with E-state index in [-0.39, 0.29) is 24.5 Å². The van der Waals surface area contributed by atoms with Gasteiger partial charge in [-0.1, -0.05) is 32.0 Å². The van der Waals surface area contributed by atoms with E-state index in [0.717, 1.165) is 16.5 Å². The number of aromatic nitrogens is 3. The average molecular weight is 544 g/mol. The standard InChI is InChI=1S/C25H33N7O5S/c1-13(2)21(25(36)37)32-24(35)20(11-38)31-23(34)19(7-14-9-28-18-6-4-3-5-16(14)18)30-22(33)17(26)8-15-10-27-12-29-15/h3-6,9-10,12-13,17,19-21,28,38H,7-8,11,26H2,1-2H3,(H,27,29)(H,30,33)(H,31,34)(H,32,35)(H,36,37). The lowest BCUT2D eigenvalue weighted by Gasteiger charge is -2.25. The summed E-state index contributed by atoms with van der Waals surface area (Å²) >= 11 is 4.17. The number of carbonyl (C=O) groups excluding carboxylic acids is 3. The number of nitrogens with two attached hydrogens (primary N) is 1. The number of carboxylic acids is 1. The first-order chi connectivity index (χ1) is 18.1. The van der Waals surface area contributed by atoms with E-state index in [4.69, 9.17) is 5.73 Å². The van der Waals surface area contributed by atoms with Crippen molar-refractivity contribution in [3.05, 3.63) is 54.2 Å². The topological polar surface area (TPSA) is 195 Å². The van der Waals surface area contributed by atoms with Crippen molar-refractivity contribution >= 4 is 47.2 Å². The second kappa shape index (κ2) is 13.1. The lowest BCUT2D eigenvalue weighted by atomic mass is 10.0. The van der Waals surface area contributed by atoms with Gasteiger partial charge in [0, 0.05) is 47.6 Å². The third-order valence-corrected chi connectivity index (χ3v) is 6.47. The van der Waals surface area contributed by atoms with Gasteiger partial charge in [-0.2, -0.15) is 12.6 Å². The third-order valence-electron chi connectivity index (χ3n) is 6.11. The van der Waals surface area contributed by atoms with E-state index < -0.39 is 47.9 Å². The molecule has 8 N–H and O–H groups in total. The maximum absolute atomic E-state index is 13.4. The van der Waals surface area contributed by atoms with Gasteiger partial charge >= 0.3 is 5.97 Å². The summed E-state index contributed by atoms with van der Waals surface area (Å²) in [5.74, 6) is -3.54. The van der Waals surface area contributed by atoms with Gasteiger partial charge in [0.05, 0.1) is 12.4 Å². The Morgan fingerprint density at radius 3 is 2.32 bits per heavy atom. The molecule has 2 heterocycles.